The molecule has 12 heteroatoms. The van der Waals surface area contributed by atoms with Crippen LogP contribution in [-0.4, -0.2) is 149 Å². The van der Waals surface area contributed by atoms with E-state index in [9.17, 15) is 0 Å². The van der Waals surface area contributed by atoms with Crippen LogP contribution in [0.15, 0.2) is 0 Å². The zero-order chi connectivity index (χ0) is 22.2. The number of aliphatic hydroxyl groups excluding tert-OH is 3. The second-order valence-electron chi connectivity index (χ2n) is 8.62. The third kappa shape index (κ3) is 104. The Morgan fingerprint density at radius 2 is 0.704 bits per heavy atom. The largest absolute Gasteiger partial charge is 1.00 e. The van der Waals surface area contributed by atoms with Gasteiger partial charge in [-0.05, 0) is 0 Å². The normalized spacial score (nSPS) is 11.5. The summed E-state index contributed by atoms with van der Waals surface area (Å²) in [5.74, 6) is 0. The molecule has 0 spiro atoms. The summed E-state index contributed by atoms with van der Waals surface area (Å²) >= 11 is 0. The van der Waals surface area contributed by atoms with E-state index in [1.165, 1.54) is 0 Å². The van der Waals surface area contributed by atoms with E-state index in [0.717, 1.165) is 33.1 Å². The summed E-state index contributed by atoms with van der Waals surface area (Å²) in [4.78, 5) is 0. The predicted octanol–water partition coefficient (Wildman–Crippen LogP) is -5.28. The van der Waals surface area contributed by atoms with Crippen LogP contribution in [0, 0.1) is 0 Å². The third-order valence-electron chi connectivity index (χ3n) is 2.31. The first-order chi connectivity index (χ1) is 11.2. The highest BCUT2D eigenvalue weighted by atomic mass is 35.5. The molecule has 0 aliphatic heterocycles. The summed E-state index contributed by atoms with van der Waals surface area (Å²) < 4.78 is 36.6. The maximum atomic E-state index is 8.52. The van der Waals surface area contributed by atoms with Gasteiger partial charge in [0.25, 0.3) is 0 Å². The van der Waals surface area contributed by atoms with Crippen LogP contribution in [0.25, 0.3) is 0 Å². The van der Waals surface area contributed by atoms with Crippen LogP contribution in [-0.2, 0) is 10.4 Å². The van der Waals surface area contributed by atoms with Gasteiger partial charge in [0.05, 0.1) is 83.2 Å². The van der Waals surface area contributed by atoms with Crippen molar-refractivity contribution in [2.75, 3.05) is 103 Å². The van der Waals surface area contributed by atoms with Crippen molar-refractivity contribution in [3.63, 3.8) is 0 Å². The molecule has 0 radical (unpaired) electrons. The molecule has 0 unspecified atom stereocenters. The van der Waals surface area contributed by atoms with Crippen molar-refractivity contribution in [3.05, 3.63) is 0 Å². The lowest BCUT2D eigenvalue weighted by atomic mass is 10.5. The molecule has 0 heterocycles. The van der Waals surface area contributed by atoms with E-state index in [1.54, 1.807) is 0 Å². The Hall–Kier alpha value is -0.0800. The summed E-state index contributed by atoms with van der Waals surface area (Å²) in [6.07, 6.45) is 0. The zero-order valence-corrected chi connectivity index (χ0v) is 19.9. The number of rotatable bonds is 6. The molecule has 0 aromatic heterocycles. The molecule has 27 heavy (non-hydrogen) atoms. The van der Waals surface area contributed by atoms with Crippen LogP contribution in [0.1, 0.15) is 0 Å². The zero-order valence-electron chi connectivity index (χ0n) is 18.3. The fraction of sp³-hybridized carbons (Fsp3) is 1.00. The molecule has 0 saturated carbocycles. The van der Waals surface area contributed by atoms with Gasteiger partial charge in [-0.1, -0.05) is 0 Å². The van der Waals surface area contributed by atoms with Gasteiger partial charge in [0.2, 0.25) is 0 Å². The van der Waals surface area contributed by atoms with Crippen molar-refractivity contribution in [3.8, 4) is 0 Å². The highest BCUT2D eigenvalue weighted by Gasteiger charge is 2.03. The summed E-state index contributed by atoms with van der Waals surface area (Å²) in [6.45, 7) is 3.34. The molecular formula is C15H42ClN3O7S. The van der Waals surface area contributed by atoms with Crippen LogP contribution >= 0.6 is 0 Å². The Labute approximate surface area is 172 Å². The molecule has 0 saturated heterocycles. The standard InChI is InChI=1S/3C5H14NO.ClH.H2O4S/c3*1-6(2,3)4-5-7;;1-5(2,3)4/h3*7H,4-5H2,1-3H3;1H;(H2,1,2,3,4)/q3*+1;;/p-3. The highest BCUT2D eigenvalue weighted by Crippen LogP contribution is 1.85. The highest BCUT2D eigenvalue weighted by molar-refractivity contribution is 7.79. The first-order valence-electron chi connectivity index (χ1n) is 8.09. The second kappa shape index (κ2) is 18.0. The number of halogens is 1. The van der Waals surface area contributed by atoms with Gasteiger partial charge in [0, 0.05) is 10.4 Å². The van der Waals surface area contributed by atoms with Crippen molar-refractivity contribution in [2.45, 2.75) is 0 Å². The van der Waals surface area contributed by atoms with E-state index >= 15 is 0 Å². The van der Waals surface area contributed by atoms with E-state index in [-0.39, 0.29) is 32.2 Å². The van der Waals surface area contributed by atoms with Crippen LogP contribution < -0.4 is 12.4 Å². The van der Waals surface area contributed by atoms with E-state index in [4.69, 9.17) is 32.8 Å². The summed E-state index contributed by atoms with van der Waals surface area (Å²) in [7, 11) is 13.3. The molecule has 0 aromatic carbocycles. The van der Waals surface area contributed by atoms with Crippen LogP contribution in [0.3, 0.4) is 0 Å². The van der Waals surface area contributed by atoms with Crippen LogP contribution in [0.5, 0.6) is 0 Å². The summed E-state index contributed by atoms with van der Waals surface area (Å²) in [5.41, 5.74) is 0. The molecule has 0 bridgehead atoms. The molecule has 3 N–H and O–H groups in total. The minimum Gasteiger partial charge on any atom is -1.00 e. The first-order valence-corrected chi connectivity index (χ1v) is 9.42. The van der Waals surface area contributed by atoms with Crippen LogP contribution in [0.4, 0.5) is 0 Å². The van der Waals surface area contributed by atoms with Gasteiger partial charge in [-0.25, -0.2) is 0 Å². The quantitative estimate of drug-likeness (QED) is 0.211. The van der Waals surface area contributed by atoms with E-state index < -0.39 is 10.4 Å². The van der Waals surface area contributed by atoms with Crippen molar-refractivity contribution in [1.82, 2.24) is 0 Å². The Morgan fingerprint density at radius 3 is 0.704 bits per heavy atom. The maximum Gasteiger partial charge on any atom is 0.101 e. The first kappa shape index (κ1) is 37.6. The van der Waals surface area contributed by atoms with Crippen molar-refractivity contribution < 1.29 is 58.7 Å². The summed E-state index contributed by atoms with van der Waals surface area (Å²) in [6, 6.07) is 0. The molecule has 0 fully saturated rings. The molecular weight excluding hydrogens is 402 g/mol. The number of quaternary nitrogens is 3. The Bertz CT molecular complexity index is 357. The van der Waals surface area contributed by atoms with Gasteiger partial charge < -0.3 is 50.3 Å². The van der Waals surface area contributed by atoms with Gasteiger partial charge in [0.1, 0.15) is 19.6 Å². The minimum absolute atomic E-state index is 0. The number of hydrogen-bond acceptors (Lipinski definition) is 7. The number of nitrogens with zero attached hydrogens (tertiary/aromatic N) is 3. The summed E-state index contributed by atoms with van der Waals surface area (Å²) in [5, 5.41) is 25.2. The van der Waals surface area contributed by atoms with Crippen molar-refractivity contribution >= 4 is 10.4 Å². The Morgan fingerprint density at radius 1 is 0.593 bits per heavy atom. The van der Waals surface area contributed by atoms with Crippen molar-refractivity contribution in [2.24, 2.45) is 0 Å². The van der Waals surface area contributed by atoms with Crippen molar-refractivity contribution in [1.29, 1.82) is 0 Å². The molecule has 0 atom stereocenters. The second-order valence-corrected chi connectivity index (χ2v) is 9.44. The maximum absolute atomic E-state index is 8.52. The Balaban J connectivity index is -0.0000000793. The Kier molecular flexibility index (Phi) is 25.1. The molecule has 10 nitrogen and oxygen atoms in total. The topological polar surface area (TPSA) is 141 Å². The SMILES string of the molecule is C[N+](C)(C)CCO.C[N+](C)(C)CCO.C[N+](C)(C)CCO.O=S(=O)([O-])[O-].[Cl-]. The minimum atomic E-state index is -5.17. The molecule has 172 valence electrons. The molecule has 0 aliphatic rings. The van der Waals surface area contributed by atoms with Crippen LogP contribution in [0.2, 0.25) is 0 Å². The number of hydrogen-bond donors (Lipinski definition) is 3. The lowest BCUT2D eigenvalue weighted by Gasteiger charge is -2.21. The average Bonchev–Trinajstić information content (AvgIpc) is 2.22. The number of likely N-dealkylation sites (N-methyl/N-ethyl adjacent to an activating group) is 3. The van der Waals surface area contributed by atoms with Gasteiger partial charge in [-0.3, -0.25) is 8.42 Å². The molecule has 0 aromatic rings. The lowest BCUT2D eigenvalue weighted by Crippen LogP contribution is -3.00. The smallest absolute Gasteiger partial charge is 0.101 e. The monoisotopic (exact) mass is 443 g/mol. The van der Waals surface area contributed by atoms with E-state index in [1.807, 2.05) is 0 Å². The molecule has 0 amide bonds. The van der Waals surface area contributed by atoms with Gasteiger partial charge in [-0.2, -0.15) is 0 Å². The predicted molar refractivity (Wildman–Crippen MR) is 100 cm³/mol. The fourth-order valence-electron chi connectivity index (χ4n) is 0.900. The lowest BCUT2D eigenvalue weighted by molar-refractivity contribution is -0.870. The average molecular weight is 444 g/mol. The van der Waals surface area contributed by atoms with E-state index in [0.29, 0.717) is 0 Å². The van der Waals surface area contributed by atoms with Gasteiger partial charge >= 0.3 is 0 Å². The van der Waals surface area contributed by atoms with E-state index in [2.05, 4.69) is 63.4 Å². The molecule has 0 rings (SSSR count). The fourth-order valence-corrected chi connectivity index (χ4v) is 0.900. The van der Waals surface area contributed by atoms with Gasteiger partial charge in [-0.15, -0.1) is 0 Å². The number of aliphatic hydroxyl groups is 3. The third-order valence-corrected chi connectivity index (χ3v) is 2.31. The van der Waals surface area contributed by atoms with Gasteiger partial charge in [0.15, 0.2) is 0 Å². The molecule has 0 aliphatic carbocycles.